The summed E-state index contributed by atoms with van der Waals surface area (Å²) in [7, 11) is 2.02. The van der Waals surface area contributed by atoms with Crippen LogP contribution in [0, 0.1) is 0 Å². The van der Waals surface area contributed by atoms with Crippen LogP contribution in [0.2, 0.25) is 0 Å². The van der Waals surface area contributed by atoms with E-state index in [9.17, 15) is 0 Å². The molecule has 18 heavy (non-hydrogen) atoms. The molecule has 0 aliphatic rings. The zero-order valence-corrected chi connectivity index (χ0v) is 12.3. The lowest BCUT2D eigenvalue weighted by Crippen LogP contribution is -2.22. The van der Waals surface area contributed by atoms with Gasteiger partial charge in [-0.15, -0.1) is 0 Å². The molecule has 1 aromatic carbocycles. The maximum atomic E-state index is 4.32. The van der Waals surface area contributed by atoms with Gasteiger partial charge in [-0.2, -0.15) is 0 Å². The highest BCUT2D eigenvalue weighted by atomic mass is 79.9. The molecule has 1 heterocycles. The Kier molecular flexibility index (Phi) is 4.55. The largest absolute Gasteiger partial charge is 0.337 e. The number of nitrogens with zero attached hydrogens (tertiary/aromatic N) is 2. The Hall–Kier alpha value is -1.13. The molecule has 0 aliphatic heterocycles. The fraction of sp³-hybridized carbons (Fsp3) is 0.357. The van der Waals surface area contributed by atoms with Crippen molar-refractivity contribution < 1.29 is 0 Å². The summed E-state index contributed by atoms with van der Waals surface area (Å²) in [4.78, 5) is 4.32. The van der Waals surface area contributed by atoms with E-state index in [4.69, 9.17) is 0 Å². The first kappa shape index (κ1) is 13.3. The topological polar surface area (TPSA) is 29.9 Å². The van der Waals surface area contributed by atoms with Gasteiger partial charge in [-0.1, -0.05) is 35.0 Å². The van der Waals surface area contributed by atoms with Crippen LogP contribution < -0.4 is 5.32 Å². The third kappa shape index (κ3) is 3.21. The highest BCUT2D eigenvalue weighted by Crippen LogP contribution is 2.19. The van der Waals surface area contributed by atoms with Gasteiger partial charge in [0.15, 0.2) is 0 Å². The highest BCUT2D eigenvalue weighted by Gasteiger charge is 2.09. The second kappa shape index (κ2) is 6.16. The third-order valence-electron chi connectivity index (χ3n) is 3.11. The Labute approximate surface area is 116 Å². The monoisotopic (exact) mass is 307 g/mol. The van der Waals surface area contributed by atoms with Crippen LogP contribution in [-0.2, 0) is 13.6 Å². The van der Waals surface area contributed by atoms with Crippen molar-refractivity contribution in [2.24, 2.45) is 7.05 Å². The van der Waals surface area contributed by atoms with E-state index in [1.807, 2.05) is 24.0 Å². The van der Waals surface area contributed by atoms with Crippen LogP contribution in [0.3, 0.4) is 0 Å². The van der Waals surface area contributed by atoms with E-state index in [1.54, 1.807) is 0 Å². The van der Waals surface area contributed by atoms with E-state index in [0.29, 0.717) is 6.04 Å². The molecule has 0 amide bonds. The Morgan fingerprint density at radius 1 is 1.33 bits per heavy atom. The molecular formula is C14H18BrN3. The lowest BCUT2D eigenvalue weighted by Gasteiger charge is -2.17. The first-order valence-corrected chi connectivity index (χ1v) is 6.95. The molecule has 0 aliphatic carbocycles. The van der Waals surface area contributed by atoms with Crippen molar-refractivity contribution >= 4 is 15.9 Å². The SMILES string of the molecule is CCC(NCc1nccn1C)c1ccc(Br)cc1. The molecule has 0 saturated heterocycles. The number of rotatable bonds is 5. The summed E-state index contributed by atoms with van der Waals surface area (Å²) in [5.41, 5.74) is 1.31. The molecule has 1 aromatic heterocycles. The summed E-state index contributed by atoms with van der Waals surface area (Å²) in [6.45, 7) is 2.98. The van der Waals surface area contributed by atoms with Crippen LogP contribution in [0.1, 0.15) is 30.8 Å². The van der Waals surface area contributed by atoms with Crippen molar-refractivity contribution in [3.8, 4) is 0 Å². The van der Waals surface area contributed by atoms with Gasteiger partial charge in [0.1, 0.15) is 5.82 Å². The zero-order chi connectivity index (χ0) is 13.0. The van der Waals surface area contributed by atoms with Gasteiger partial charge in [0.2, 0.25) is 0 Å². The number of aryl methyl sites for hydroxylation is 1. The minimum Gasteiger partial charge on any atom is -0.337 e. The number of halogens is 1. The number of benzene rings is 1. The summed E-state index contributed by atoms with van der Waals surface area (Å²) in [5, 5.41) is 3.55. The molecule has 0 saturated carbocycles. The molecule has 2 rings (SSSR count). The summed E-state index contributed by atoms with van der Waals surface area (Å²) in [6, 6.07) is 8.85. The van der Waals surface area contributed by atoms with E-state index in [2.05, 4.69) is 57.4 Å². The molecule has 0 spiro atoms. The highest BCUT2D eigenvalue weighted by molar-refractivity contribution is 9.10. The molecule has 0 bridgehead atoms. The Morgan fingerprint density at radius 3 is 2.61 bits per heavy atom. The van der Waals surface area contributed by atoms with Crippen LogP contribution in [0.4, 0.5) is 0 Å². The van der Waals surface area contributed by atoms with E-state index < -0.39 is 0 Å². The molecule has 2 aromatic rings. The van der Waals surface area contributed by atoms with Crippen molar-refractivity contribution in [3.05, 3.63) is 52.5 Å². The Bertz CT molecular complexity index is 490. The average Bonchev–Trinajstić information content (AvgIpc) is 2.78. The van der Waals surface area contributed by atoms with E-state index in [0.717, 1.165) is 23.3 Å². The third-order valence-corrected chi connectivity index (χ3v) is 3.64. The Balaban J connectivity index is 2.01. The molecule has 0 fully saturated rings. The second-order valence-electron chi connectivity index (χ2n) is 4.35. The maximum absolute atomic E-state index is 4.32. The van der Waals surface area contributed by atoms with Crippen LogP contribution in [0.15, 0.2) is 41.1 Å². The van der Waals surface area contributed by atoms with Crippen LogP contribution in [-0.4, -0.2) is 9.55 Å². The molecule has 1 unspecified atom stereocenters. The van der Waals surface area contributed by atoms with Crippen LogP contribution in [0.25, 0.3) is 0 Å². The number of hydrogen-bond acceptors (Lipinski definition) is 2. The van der Waals surface area contributed by atoms with E-state index >= 15 is 0 Å². The van der Waals surface area contributed by atoms with Crippen molar-refractivity contribution in [3.63, 3.8) is 0 Å². The van der Waals surface area contributed by atoms with Crippen LogP contribution >= 0.6 is 15.9 Å². The lowest BCUT2D eigenvalue weighted by molar-refractivity contribution is 0.502. The number of nitrogens with one attached hydrogen (secondary N) is 1. The first-order chi connectivity index (χ1) is 8.70. The smallest absolute Gasteiger partial charge is 0.122 e. The standard InChI is InChI=1S/C14H18BrN3/c1-3-13(11-4-6-12(15)7-5-11)17-10-14-16-8-9-18(14)2/h4-9,13,17H,3,10H2,1-2H3. The molecular weight excluding hydrogens is 290 g/mol. The van der Waals surface area contributed by atoms with E-state index in [-0.39, 0.29) is 0 Å². The average molecular weight is 308 g/mol. The lowest BCUT2D eigenvalue weighted by atomic mass is 10.0. The van der Waals surface area contributed by atoms with Gasteiger partial charge in [0, 0.05) is 30.0 Å². The van der Waals surface area contributed by atoms with Gasteiger partial charge in [-0.25, -0.2) is 4.98 Å². The van der Waals surface area contributed by atoms with Gasteiger partial charge >= 0.3 is 0 Å². The van der Waals surface area contributed by atoms with Crippen molar-refractivity contribution in [1.29, 1.82) is 0 Å². The van der Waals surface area contributed by atoms with Crippen LogP contribution in [0.5, 0.6) is 0 Å². The summed E-state index contributed by atoms with van der Waals surface area (Å²) >= 11 is 3.46. The van der Waals surface area contributed by atoms with Gasteiger partial charge in [-0.05, 0) is 24.1 Å². The minimum absolute atomic E-state index is 0.370. The van der Waals surface area contributed by atoms with Gasteiger partial charge in [0.25, 0.3) is 0 Å². The molecule has 4 heteroatoms. The fourth-order valence-corrected chi connectivity index (χ4v) is 2.24. The summed E-state index contributed by atoms with van der Waals surface area (Å²) in [5.74, 6) is 1.06. The number of imidazole rings is 1. The predicted octanol–water partition coefficient (Wildman–Crippen LogP) is 3.42. The predicted molar refractivity (Wildman–Crippen MR) is 77.2 cm³/mol. The zero-order valence-electron chi connectivity index (χ0n) is 10.7. The molecule has 0 radical (unpaired) electrons. The summed E-state index contributed by atoms with van der Waals surface area (Å²) in [6.07, 6.45) is 4.86. The quantitative estimate of drug-likeness (QED) is 0.917. The normalized spacial score (nSPS) is 12.6. The number of aromatic nitrogens is 2. The van der Waals surface area contributed by atoms with E-state index in [1.165, 1.54) is 5.56 Å². The molecule has 3 nitrogen and oxygen atoms in total. The minimum atomic E-state index is 0.370. The van der Waals surface area contributed by atoms with Crippen molar-refractivity contribution in [2.45, 2.75) is 25.9 Å². The molecule has 1 N–H and O–H groups in total. The maximum Gasteiger partial charge on any atom is 0.122 e. The van der Waals surface area contributed by atoms with Crippen molar-refractivity contribution in [1.82, 2.24) is 14.9 Å². The molecule has 96 valence electrons. The first-order valence-electron chi connectivity index (χ1n) is 6.15. The molecule has 1 atom stereocenters. The Morgan fingerprint density at radius 2 is 2.06 bits per heavy atom. The number of hydrogen-bond donors (Lipinski definition) is 1. The van der Waals surface area contributed by atoms with Gasteiger partial charge in [0.05, 0.1) is 6.54 Å². The summed E-state index contributed by atoms with van der Waals surface area (Å²) < 4.78 is 3.16. The van der Waals surface area contributed by atoms with Gasteiger partial charge in [-0.3, -0.25) is 0 Å². The second-order valence-corrected chi connectivity index (χ2v) is 5.26. The fourth-order valence-electron chi connectivity index (χ4n) is 1.97. The van der Waals surface area contributed by atoms with Crippen molar-refractivity contribution in [2.75, 3.05) is 0 Å². The van der Waals surface area contributed by atoms with Gasteiger partial charge < -0.3 is 9.88 Å².